The number of hydrogen-bond donors (Lipinski definition) is 0. The molecule has 24 heavy (non-hydrogen) atoms. The van der Waals surface area contributed by atoms with E-state index in [2.05, 4.69) is 26.2 Å². The van der Waals surface area contributed by atoms with Gasteiger partial charge in [-0.05, 0) is 55.6 Å². The van der Waals surface area contributed by atoms with E-state index < -0.39 is 5.60 Å². The number of amides is 1. The van der Waals surface area contributed by atoms with Crippen LogP contribution < -0.4 is 0 Å². The van der Waals surface area contributed by atoms with Crippen LogP contribution in [-0.4, -0.2) is 44.7 Å². The predicted molar refractivity (Wildman–Crippen MR) is 91.3 cm³/mol. The molecule has 1 aliphatic heterocycles. The normalized spacial score (nSPS) is 16.6. The summed E-state index contributed by atoms with van der Waals surface area (Å²) in [5.41, 5.74) is 0.830. The average molecular weight is 399 g/mol. The smallest absolute Gasteiger partial charge is 0.410 e. The molecule has 1 saturated heterocycles. The highest BCUT2D eigenvalue weighted by molar-refractivity contribution is 9.10. The van der Waals surface area contributed by atoms with Gasteiger partial charge in [0.05, 0.1) is 16.0 Å². The van der Waals surface area contributed by atoms with E-state index in [1.54, 1.807) is 11.0 Å². The van der Waals surface area contributed by atoms with Gasteiger partial charge in [-0.25, -0.2) is 13.9 Å². The van der Waals surface area contributed by atoms with E-state index >= 15 is 0 Å². The molecular formula is C16H20BrFN4O2. The molecule has 0 saturated carbocycles. The third kappa shape index (κ3) is 3.53. The van der Waals surface area contributed by atoms with Crippen LogP contribution in [0.5, 0.6) is 0 Å². The summed E-state index contributed by atoms with van der Waals surface area (Å²) < 4.78 is 21.2. The van der Waals surface area contributed by atoms with E-state index in [4.69, 9.17) is 4.74 Å². The third-order valence-corrected chi connectivity index (χ3v) is 4.58. The second kappa shape index (κ2) is 6.31. The Morgan fingerprint density at radius 3 is 2.62 bits per heavy atom. The molecule has 8 heteroatoms. The highest BCUT2D eigenvalue weighted by atomic mass is 79.9. The lowest BCUT2D eigenvalue weighted by Crippen LogP contribution is -2.42. The number of benzene rings is 1. The molecule has 1 aromatic carbocycles. The van der Waals surface area contributed by atoms with Crippen LogP contribution in [0.4, 0.5) is 9.18 Å². The van der Waals surface area contributed by atoms with Crippen molar-refractivity contribution in [1.29, 1.82) is 0 Å². The maximum absolute atomic E-state index is 13.6. The third-order valence-electron chi connectivity index (χ3n) is 3.98. The van der Waals surface area contributed by atoms with Crippen LogP contribution in [0.1, 0.15) is 39.7 Å². The minimum atomic E-state index is -0.494. The Bertz CT molecular complexity index is 763. The van der Waals surface area contributed by atoms with E-state index in [1.807, 2.05) is 25.5 Å². The quantitative estimate of drug-likeness (QED) is 0.730. The number of hydrogen-bond acceptors (Lipinski definition) is 4. The van der Waals surface area contributed by atoms with Gasteiger partial charge in [0.2, 0.25) is 0 Å². The average Bonchev–Trinajstić information content (AvgIpc) is 2.89. The molecule has 6 nitrogen and oxygen atoms in total. The minimum Gasteiger partial charge on any atom is -0.444 e. The molecule has 3 rings (SSSR count). The molecule has 0 aliphatic carbocycles. The SMILES string of the molecule is CC(C)(C)OC(=O)N1CCC(n2nnc3cc(F)c(Br)cc32)CC1. The molecule has 0 atom stereocenters. The van der Waals surface area contributed by atoms with Gasteiger partial charge < -0.3 is 9.64 Å². The van der Waals surface area contributed by atoms with Gasteiger partial charge >= 0.3 is 6.09 Å². The highest BCUT2D eigenvalue weighted by Crippen LogP contribution is 2.28. The van der Waals surface area contributed by atoms with Crippen molar-refractivity contribution >= 4 is 33.1 Å². The van der Waals surface area contributed by atoms with Crippen molar-refractivity contribution in [2.75, 3.05) is 13.1 Å². The second-order valence-electron chi connectivity index (χ2n) is 6.99. The molecule has 1 aliphatic rings. The van der Waals surface area contributed by atoms with Gasteiger partial charge in [0.1, 0.15) is 16.9 Å². The van der Waals surface area contributed by atoms with E-state index in [9.17, 15) is 9.18 Å². The van der Waals surface area contributed by atoms with Gasteiger partial charge in [0.25, 0.3) is 0 Å². The van der Waals surface area contributed by atoms with Crippen LogP contribution in [0.25, 0.3) is 11.0 Å². The summed E-state index contributed by atoms with van der Waals surface area (Å²) in [6, 6.07) is 3.20. The van der Waals surface area contributed by atoms with Crippen molar-refractivity contribution in [3.8, 4) is 0 Å². The Balaban J connectivity index is 1.71. The monoisotopic (exact) mass is 398 g/mol. The Morgan fingerprint density at radius 1 is 1.33 bits per heavy atom. The number of rotatable bonds is 1. The molecule has 0 unspecified atom stereocenters. The molecule has 1 aromatic heterocycles. The van der Waals surface area contributed by atoms with E-state index in [0.717, 1.165) is 18.4 Å². The van der Waals surface area contributed by atoms with Crippen molar-refractivity contribution in [1.82, 2.24) is 19.9 Å². The zero-order valence-electron chi connectivity index (χ0n) is 13.9. The number of aromatic nitrogens is 3. The molecule has 2 aromatic rings. The topological polar surface area (TPSA) is 60.2 Å². The number of carbonyl (C=O) groups is 1. The Labute approximate surface area is 148 Å². The zero-order chi connectivity index (χ0) is 17.5. The van der Waals surface area contributed by atoms with Crippen LogP contribution in [0.2, 0.25) is 0 Å². The number of fused-ring (bicyclic) bond motifs is 1. The molecule has 1 fully saturated rings. The summed E-state index contributed by atoms with van der Waals surface area (Å²) in [5.74, 6) is -0.353. The number of nitrogens with zero attached hydrogens (tertiary/aromatic N) is 4. The van der Waals surface area contributed by atoms with E-state index in [-0.39, 0.29) is 18.0 Å². The van der Waals surface area contributed by atoms with E-state index in [1.165, 1.54) is 6.07 Å². The Kier molecular flexibility index (Phi) is 4.50. The van der Waals surface area contributed by atoms with Crippen molar-refractivity contribution < 1.29 is 13.9 Å². The number of ether oxygens (including phenoxy) is 1. The first-order valence-electron chi connectivity index (χ1n) is 7.92. The van der Waals surface area contributed by atoms with Gasteiger partial charge in [-0.15, -0.1) is 5.10 Å². The molecule has 0 radical (unpaired) electrons. The molecule has 0 spiro atoms. The molecule has 130 valence electrons. The summed E-state index contributed by atoms with van der Waals surface area (Å²) in [7, 11) is 0. The van der Waals surface area contributed by atoms with Crippen molar-refractivity contribution in [3.63, 3.8) is 0 Å². The van der Waals surface area contributed by atoms with Gasteiger partial charge in [0.15, 0.2) is 0 Å². The molecule has 1 amide bonds. The van der Waals surface area contributed by atoms with Crippen LogP contribution >= 0.6 is 15.9 Å². The molecular weight excluding hydrogens is 379 g/mol. The minimum absolute atomic E-state index is 0.131. The van der Waals surface area contributed by atoms with Gasteiger partial charge in [-0.3, -0.25) is 0 Å². The summed E-state index contributed by atoms with van der Waals surface area (Å²) in [5, 5.41) is 8.22. The van der Waals surface area contributed by atoms with Crippen LogP contribution in [-0.2, 0) is 4.74 Å². The fourth-order valence-corrected chi connectivity index (χ4v) is 3.15. The lowest BCUT2D eigenvalue weighted by Gasteiger charge is -2.33. The zero-order valence-corrected chi connectivity index (χ0v) is 15.5. The van der Waals surface area contributed by atoms with Crippen molar-refractivity contribution in [2.24, 2.45) is 0 Å². The summed E-state index contributed by atoms with van der Waals surface area (Å²) in [6.45, 7) is 6.77. The van der Waals surface area contributed by atoms with Crippen LogP contribution in [0.3, 0.4) is 0 Å². The fourth-order valence-electron chi connectivity index (χ4n) is 2.82. The van der Waals surface area contributed by atoms with Crippen molar-refractivity contribution in [2.45, 2.75) is 45.3 Å². The fraction of sp³-hybridized carbons (Fsp3) is 0.562. The van der Waals surface area contributed by atoms with Gasteiger partial charge in [-0.2, -0.15) is 0 Å². The maximum atomic E-state index is 13.6. The van der Waals surface area contributed by atoms with Crippen LogP contribution in [0.15, 0.2) is 16.6 Å². The van der Waals surface area contributed by atoms with Crippen molar-refractivity contribution in [3.05, 3.63) is 22.4 Å². The lowest BCUT2D eigenvalue weighted by atomic mass is 10.1. The number of piperidine rings is 1. The molecule has 2 heterocycles. The first kappa shape index (κ1) is 17.1. The first-order valence-corrected chi connectivity index (χ1v) is 8.72. The maximum Gasteiger partial charge on any atom is 0.410 e. The summed E-state index contributed by atoms with van der Waals surface area (Å²) in [6.07, 6.45) is 1.23. The summed E-state index contributed by atoms with van der Waals surface area (Å²) >= 11 is 3.20. The molecule has 0 N–H and O–H groups in total. The van der Waals surface area contributed by atoms with Gasteiger partial charge in [-0.1, -0.05) is 5.21 Å². The van der Waals surface area contributed by atoms with Crippen LogP contribution in [0, 0.1) is 5.82 Å². The largest absolute Gasteiger partial charge is 0.444 e. The predicted octanol–water partition coefficient (Wildman–Crippen LogP) is 3.90. The first-order chi connectivity index (χ1) is 11.2. The summed E-state index contributed by atoms with van der Waals surface area (Å²) in [4.78, 5) is 13.8. The Morgan fingerprint density at radius 2 is 2.00 bits per heavy atom. The van der Waals surface area contributed by atoms with E-state index in [0.29, 0.717) is 23.1 Å². The number of halogens is 2. The Hall–Kier alpha value is -1.70. The highest BCUT2D eigenvalue weighted by Gasteiger charge is 2.28. The number of carbonyl (C=O) groups excluding carboxylic acids is 1. The molecule has 0 bridgehead atoms. The standard InChI is InChI=1S/C16H20BrFN4O2/c1-16(2,3)24-15(23)21-6-4-10(5-7-21)22-14-8-11(17)12(18)9-13(14)19-20-22/h8-10H,4-7H2,1-3H3. The van der Waals surface area contributed by atoms with Gasteiger partial charge in [0, 0.05) is 19.2 Å². The second-order valence-corrected chi connectivity index (χ2v) is 7.84. The number of likely N-dealkylation sites (tertiary alicyclic amines) is 1. The lowest BCUT2D eigenvalue weighted by molar-refractivity contribution is 0.0185.